The number of nitrogens with two attached hydrogens (primary N) is 1. The molecule has 0 aliphatic carbocycles. The van der Waals surface area contributed by atoms with Crippen LogP contribution in [0.15, 0.2) is 18.2 Å². The lowest BCUT2D eigenvalue weighted by atomic mass is 10.1. The zero-order valence-electron chi connectivity index (χ0n) is 14.6. The zero-order chi connectivity index (χ0) is 18.1. The van der Waals surface area contributed by atoms with E-state index in [1.807, 2.05) is 32.0 Å². The molecule has 7 heteroatoms. The highest BCUT2D eigenvalue weighted by Gasteiger charge is 2.37. The van der Waals surface area contributed by atoms with Gasteiger partial charge in [0.05, 0.1) is 5.92 Å². The van der Waals surface area contributed by atoms with Crippen molar-refractivity contribution in [3.63, 3.8) is 0 Å². The SMILES string of the molecule is Cc1cccc(N2CC(C(=O)NC3CCN(C(N)=O)C3)CC2=O)c1C. The number of anilines is 1. The molecule has 1 aromatic carbocycles. The molecule has 0 spiro atoms. The second kappa shape index (κ2) is 6.74. The van der Waals surface area contributed by atoms with Crippen LogP contribution >= 0.6 is 0 Å². The van der Waals surface area contributed by atoms with Crippen LogP contribution in [0.2, 0.25) is 0 Å². The summed E-state index contributed by atoms with van der Waals surface area (Å²) in [6.45, 7) is 5.37. The number of carbonyl (C=O) groups excluding carboxylic acids is 3. The van der Waals surface area contributed by atoms with E-state index in [9.17, 15) is 14.4 Å². The Balaban J connectivity index is 1.63. The second-order valence-electron chi connectivity index (χ2n) is 6.90. The number of hydrogen-bond acceptors (Lipinski definition) is 3. The van der Waals surface area contributed by atoms with Crippen LogP contribution in [0.1, 0.15) is 24.0 Å². The summed E-state index contributed by atoms with van der Waals surface area (Å²) < 4.78 is 0. The van der Waals surface area contributed by atoms with Crippen LogP contribution in [0.25, 0.3) is 0 Å². The molecule has 2 aliphatic heterocycles. The highest BCUT2D eigenvalue weighted by atomic mass is 16.2. The summed E-state index contributed by atoms with van der Waals surface area (Å²) in [4.78, 5) is 39.3. The van der Waals surface area contributed by atoms with Crippen molar-refractivity contribution in [2.45, 2.75) is 32.7 Å². The highest BCUT2D eigenvalue weighted by molar-refractivity contribution is 6.01. The van der Waals surface area contributed by atoms with Crippen LogP contribution < -0.4 is 16.0 Å². The van der Waals surface area contributed by atoms with E-state index < -0.39 is 6.03 Å². The maximum absolute atomic E-state index is 12.5. The number of carbonyl (C=O) groups is 3. The molecule has 1 aromatic rings. The quantitative estimate of drug-likeness (QED) is 0.854. The van der Waals surface area contributed by atoms with E-state index in [0.717, 1.165) is 16.8 Å². The number of likely N-dealkylation sites (tertiary alicyclic amines) is 1. The van der Waals surface area contributed by atoms with Gasteiger partial charge in [-0.15, -0.1) is 0 Å². The molecular formula is C18H24N4O3. The van der Waals surface area contributed by atoms with Crippen molar-refractivity contribution in [2.75, 3.05) is 24.5 Å². The molecule has 0 bridgehead atoms. The highest BCUT2D eigenvalue weighted by Crippen LogP contribution is 2.29. The summed E-state index contributed by atoms with van der Waals surface area (Å²) in [6.07, 6.45) is 0.904. The molecule has 134 valence electrons. The smallest absolute Gasteiger partial charge is 0.314 e. The predicted octanol–water partition coefficient (Wildman–Crippen LogP) is 0.926. The van der Waals surface area contributed by atoms with Gasteiger partial charge < -0.3 is 20.9 Å². The van der Waals surface area contributed by atoms with E-state index in [1.54, 1.807) is 4.90 Å². The molecule has 2 atom stereocenters. The van der Waals surface area contributed by atoms with Crippen molar-refractivity contribution < 1.29 is 14.4 Å². The fourth-order valence-corrected chi connectivity index (χ4v) is 3.54. The molecule has 2 saturated heterocycles. The normalized spacial score (nSPS) is 23.2. The van der Waals surface area contributed by atoms with Gasteiger partial charge in [-0.2, -0.15) is 0 Å². The lowest BCUT2D eigenvalue weighted by Crippen LogP contribution is -2.42. The molecule has 2 unspecified atom stereocenters. The number of benzene rings is 1. The fourth-order valence-electron chi connectivity index (χ4n) is 3.54. The monoisotopic (exact) mass is 344 g/mol. The minimum atomic E-state index is -0.464. The third-order valence-electron chi connectivity index (χ3n) is 5.21. The number of nitrogens with one attached hydrogen (secondary N) is 1. The van der Waals surface area contributed by atoms with Gasteiger partial charge in [0.15, 0.2) is 0 Å². The number of rotatable bonds is 3. The van der Waals surface area contributed by atoms with Crippen molar-refractivity contribution in [2.24, 2.45) is 11.7 Å². The second-order valence-corrected chi connectivity index (χ2v) is 6.90. The van der Waals surface area contributed by atoms with Gasteiger partial charge in [0.2, 0.25) is 11.8 Å². The Morgan fingerprint density at radius 1 is 1.24 bits per heavy atom. The number of amides is 4. The first-order valence-electron chi connectivity index (χ1n) is 8.58. The first kappa shape index (κ1) is 17.3. The number of hydrogen-bond donors (Lipinski definition) is 2. The first-order valence-corrected chi connectivity index (χ1v) is 8.58. The Labute approximate surface area is 147 Å². The Kier molecular flexibility index (Phi) is 4.65. The van der Waals surface area contributed by atoms with E-state index in [4.69, 9.17) is 5.73 Å². The summed E-state index contributed by atoms with van der Waals surface area (Å²) in [6, 6.07) is 5.30. The number of primary amides is 1. The molecular weight excluding hydrogens is 320 g/mol. The van der Waals surface area contributed by atoms with Crippen LogP contribution in [-0.4, -0.2) is 48.4 Å². The summed E-state index contributed by atoms with van der Waals surface area (Å²) >= 11 is 0. The van der Waals surface area contributed by atoms with Gasteiger partial charge in [-0.3, -0.25) is 9.59 Å². The summed E-state index contributed by atoms with van der Waals surface area (Å²) in [5.41, 5.74) is 8.32. The average molecular weight is 344 g/mol. The Morgan fingerprint density at radius 2 is 2.00 bits per heavy atom. The molecule has 25 heavy (non-hydrogen) atoms. The first-order chi connectivity index (χ1) is 11.9. The van der Waals surface area contributed by atoms with Crippen LogP contribution in [-0.2, 0) is 9.59 Å². The Morgan fingerprint density at radius 3 is 2.68 bits per heavy atom. The van der Waals surface area contributed by atoms with E-state index >= 15 is 0 Å². The van der Waals surface area contributed by atoms with Crippen molar-refractivity contribution in [1.29, 1.82) is 0 Å². The molecule has 3 rings (SSSR count). The molecule has 2 fully saturated rings. The molecule has 2 heterocycles. The summed E-state index contributed by atoms with van der Waals surface area (Å²) in [5, 5.41) is 2.96. The summed E-state index contributed by atoms with van der Waals surface area (Å²) in [5.74, 6) is -0.522. The minimum absolute atomic E-state index is 0.0287. The Bertz CT molecular complexity index is 718. The van der Waals surface area contributed by atoms with E-state index in [1.165, 1.54) is 4.90 Å². The Hall–Kier alpha value is -2.57. The van der Waals surface area contributed by atoms with Crippen LogP contribution in [0.4, 0.5) is 10.5 Å². The molecule has 7 nitrogen and oxygen atoms in total. The molecule has 4 amide bonds. The molecule has 2 aliphatic rings. The largest absolute Gasteiger partial charge is 0.351 e. The minimum Gasteiger partial charge on any atom is -0.351 e. The van der Waals surface area contributed by atoms with Crippen molar-refractivity contribution in [1.82, 2.24) is 10.2 Å². The van der Waals surface area contributed by atoms with E-state index in [0.29, 0.717) is 26.1 Å². The third kappa shape index (κ3) is 3.45. The van der Waals surface area contributed by atoms with E-state index in [-0.39, 0.29) is 30.2 Å². The van der Waals surface area contributed by atoms with E-state index in [2.05, 4.69) is 5.32 Å². The molecule has 3 N–H and O–H groups in total. The lowest BCUT2D eigenvalue weighted by molar-refractivity contribution is -0.126. The average Bonchev–Trinajstić information content (AvgIpc) is 3.17. The van der Waals surface area contributed by atoms with Gasteiger partial charge >= 0.3 is 6.03 Å². The maximum atomic E-state index is 12.5. The topological polar surface area (TPSA) is 95.7 Å². The zero-order valence-corrected chi connectivity index (χ0v) is 14.6. The van der Waals surface area contributed by atoms with Crippen LogP contribution in [0.5, 0.6) is 0 Å². The summed E-state index contributed by atoms with van der Waals surface area (Å²) in [7, 11) is 0. The number of aryl methyl sites for hydroxylation is 1. The van der Waals surface area contributed by atoms with Crippen molar-refractivity contribution in [3.05, 3.63) is 29.3 Å². The van der Waals surface area contributed by atoms with Crippen LogP contribution in [0.3, 0.4) is 0 Å². The fraction of sp³-hybridized carbons (Fsp3) is 0.500. The number of nitrogens with zero attached hydrogens (tertiary/aromatic N) is 2. The molecule has 0 radical (unpaired) electrons. The third-order valence-corrected chi connectivity index (χ3v) is 5.21. The van der Waals surface area contributed by atoms with Gasteiger partial charge in [-0.1, -0.05) is 12.1 Å². The van der Waals surface area contributed by atoms with Gasteiger partial charge in [0.25, 0.3) is 0 Å². The van der Waals surface area contributed by atoms with Gasteiger partial charge in [-0.25, -0.2) is 4.79 Å². The maximum Gasteiger partial charge on any atom is 0.314 e. The molecule has 0 aromatic heterocycles. The van der Waals surface area contributed by atoms with Gasteiger partial charge in [-0.05, 0) is 37.5 Å². The van der Waals surface area contributed by atoms with Gasteiger partial charge in [0.1, 0.15) is 0 Å². The van der Waals surface area contributed by atoms with Gasteiger partial charge in [0, 0.05) is 37.8 Å². The van der Waals surface area contributed by atoms with Crippen molar-refractivity contribution in [3.8, 4) is 0 Å². The predicted molar refractivity (Wildman–Crippen MR) is 94.1 cm³/mol. The lowest BCUT2D eigenvalue weighted by Gasteiger charge is -2.21. The van der Waals surface area contributed by atoms with Crippen molar-refractivity contribution >= 4 is 23.5 Å². The number of urea groups is 1. The molecule has 0 saturated carbocycles. The standard InChI is InChI=1S/C18H24N4O3/c1-11-4-3-5-15(12(11)2)22-9-13(8-16(22)23)17(24)20-14-6-7-21(10-14)18(19)25/h3-5,13-14H,6-10H2,1-2H3,(H2,19,25)(H,20,24). The van der Waals surface area contributed by atoms with Crippen LogP contribution in [0, 0.1) is 19.8 Å².